The van der Waals surface area contributed by atoms with Crippen molar-refractivity contribution < 1.29 is 9.90 Å². The third-order valence-corrected chi connectivity index (χ3v) is 4.16. The van der Waals surface area contributed by atoms with E-state index in [9.17, 15) is 9.90 Å². The molecule has 1 saturated carbocycles. The summed E-state index contributed by atoms with van der Waals surface area (Å²) < 4.78 is 0. The smallest absolute Gasteiger partial charge is 0.244 e. The molecule has 21 heavy (non-hydrogen) atoms. The lowest BCUT2D eigenvalue weighted by molar-refractivity contribution is -0.118. The highest BCUT2D eigenvalue weighted by Crippen LogP contribution is 2.31. The van der Waals surface area contributed by atoms with E-state index in [1.807, 2.05) is 31.2 Å². The second-order valence-electron chi connectivity index (χ2n) is 6.39. The quantitative estimate of drug-likeness (QED) is 0.836. The van der Waals surface area contributed by atoms with Gasteiger partial charge in [0.2, 0.25) is 5.91 Å². The number of amides is 1. The first-order chi connectivity index (χ1) is 9.97. The number of aryl methyl sites for hydroxylation is 1. The van der Waals surface area contributed by atoms with Crippen molar-refractivity contribution in [3.63, 3.8) is 0 Å². The first-order valence-electron chi connectivity index (χ1n) is 7.72. The second-order valence-corrected chi connectivity index (χ2v) is 6.39. The maximum atomic E-state index is 11.8. The Morgan fingerprint density at radius 1 is 1.43 bits per heavy atom. The first kappa shape index (κ1) is 15.8. The van der Waals surface area contributed by atoms with Gasteiger partial charge in [0.05, 0.1) is 5.60 Å². The SMILES string of the molecule is Cc1ccc(C=CC(=O)NCC2(O)CCCC(C)C2)cc1. The molecule has 0 aliphatic heterocycles. The highest BCUT2D eigenvalue weighted by atomic mass is 16.3. The van der Waals surface area contributed by atoms with Gasteiger partial charge >= 0.3 is 0 Å². The zero-order valence-electron chi connectivity index (χ0n) is 12.9. The van der Waals surface area contributed by atoms with Crippen LogP contribution in [0.4, 0.5) is 0 Å². The molecule has 3 nitrogen and oxygen atoms in total. The van der Waals surface area contributed by atoms with E-state index in [1.54, 1.807) is 6.08 Å². The highest BCUT2D eigenvalue weighted by molar-refractivity contribution is 5.91. The van der Waals surface area contributed by atoms with E-state index in [0.717, 1.165) is 24.8 Å². The summed E-state index contributed by atoms with van der Waals surface area (Å²) in [6.45, 7) is 4.53. The molecule has 2 rings (SSSR count). The fraction of sp³-hybridized carbons (Fsp3) is 0.500. The molecule has 3 heteroatoms. The van der Waals surface area contributed by atoms with Gasteiger partial charge in [-0.3, -0.25) is 4.79 Å². The van der Waals surface area contributed by atoms with Gasteiger partial charge in [-0.1, -0.05) is 49.6 Å². The Balaban J connectivity index is 1.83. The Morgan fingerprint density at radius 2 is 2.14 bits per heavy atom. The van der Waals surface area contributed by atoms with Crippen LogP contribution in [0.2, 0.25) is 0 Å². The van der Waals surface area contributed by atoms with Crippen LogP contribution in [0.1, 0.15) is 43.7 Å². The highest BCUT2D eigenvalue weighted by Gasteiger charge is 2.32. The topological polar surface area (TPSA) is 49.3 Å². The number of hydrogen-bond acceptors (Lipinski definition) is 2. The van der Waals surface area contributed by atoms with E-state index in [-0.39, 0.29) is 5.91 Å². The van der Waals surface area contributed by atoms with Crippen LogP contribution in [0.25, 0.3) is 6.08 Å². The Kier molecular flexibility index (Phi) is 5.18. The molecule has 0 saturated heterocycles. The predicted octanol–water partition coefficient (Wildman–Crippen LogP) is 3.07. The van der Waals surface area contributed by atoms with E-state index in [0.29, 0.717) is 12.5 Å². The second kappa shape index (κ2) is 6.90. The van der Waals surface area contributed by atoms with Gasteiger partial charge in [0.15, 0.2) is 0 Å². The van der Waals surface area contributed by atoms with E-state index >= 15 is 0 Å². The summed E-state index contributed by atoms with van der Waals surface area (Å²) in [5.74, 6) is 0.381. The minimum atomic E-state index is -0.731. The summed E-state index contributed by atoms with van der Waals surface area (Å²) in [6.07, 6.45) is 7.08. The standard InChI is InChI=1S/C18H25NO2/c1-14-5-7-16(8-6-14)9-10-17(20)19-13-18(21)11-3-4-15(2)12-18/h5-10,15,21H,3-4,11-13H2,1-2H3,(H,19,20). The van der Waals surface area contributed by atoms with Crippen molar-refractivity contribution >= 4 is 12.0 Å². The Bertz CT molecular complexity index is 506. The largest absolute Gasteiger partial charge is 0.388 e. The van der Waals surface area contributed by atoms with E-state index in [4.69, 9.17) is 0 Å². The number of hydrogen-bond donors (Lipinski definition) is 2. The number of benzene rings is 1. The lowest BCUT2D eigenvalue weighted by Gasteiger charge is -2.35. The van der Waals surface area contributed by atoms with E-state index < -0.39 is 5.60 Å². The number of carbonyl (C=O) groups excluding carboxylic acids is 1. The average molecular weight is 287 g/mol. The lowest BCUT2D eigenvalue weighted by atomic mass is 9.79. The summed E-state index contributed by atoms with van der Waals surface area (Å²) in [7, 11) is 0. The predicted molar refractivity (Wildman–Crippen MR) is 85.8 cm³/mol. The molecule has 0 heterocycles. The molecule has 0 radical (unpaired) electrons. The van der Waals surface area contributed by atoms with Crippen molar-refractivity contribution in [2.24, 2.45) is 5.92 Å². The Labute approximate surface area is 127 Å². The average Bonchev–Trinajstić information content (AvgIpc) is 2.44. The van der Waals surface area contributed by atoms with Crippen molar-refractivity contribution in [2.45, 2.75) is 45.1 Å². The van der Waals surface area contributed by atoms with Crippen LogP contribution in [-0.4, -0.2) is 23.2 Å². The molecule has 2 atom stereocenters. The molecule has 0 bridgehead atoms. The molecule has 114 valence electrons. The lowest BCUT2D eigenvalue weighted by Crippen LogP contribution is -2.45. The summed E-state index contributed by atoms with van der Waals surface area (Å²) >= 11 is 0. The van der Waals surface area contributed by atoms with Crippen molar-refractivity contribution in [1.29, 1.82) is 0 Å². The Hall–Kier alpha value is -1.61. The minimum Gasteiger partial charge on any atom is -0.388 e. The van der Waals surface area contributed by atoms with E-state index in [2.05, 4.69) is 12.2 Å². The Morgan fingerprint density at radius 3 is 2.81 bits per heavy atom. The number of aliphatic hydroxyl groups is 1. The van der Waals surface area contributed by atoms with Crippen molar-refractivity contribution in [3.05, 3.63) is 41.5 Å². The van der Waals surface area contributed by atoms with Crippen LogP contribution >= 0.6 is 0 Å². The molecule has 0 aromatic heterocycles. The normalized spacial score (nSPS) is 26.0. The van der Waals surface area contributed by atoms with Gasteiger partial charge in [-0.25, -0.2) is 0 Å². The van der Waals surface area contributed by atoms with Crippen LogP contribution in [0.15, 0.2) is 30.3 Å². The fourth-order valence-corrected chi connectivity index (χ4v) is 2.95. The molecule has 1 aliphatic carbocycles. The van der Waals surface area contributed by atoms with Gasteiger partial charge in [0.1, 0.15) is 0 Å². The number of carbonyl (C=O) groups is 1. The number of rotatable bonds is 4. The van der Waals surface area contributed by atoms with Crippen molar-refractivity contribution in [2.75, 3.05) is 6.54 Å². The van der Waals surface area contributed by atoms with Crippen molar-refractivity contribution in [3.8, 4) is 0 Å². The van der Waals surface area contributed by atoms with Gasteiger partial charge in [-0.05, 0) is 37.3 Å². The van der Waals surface area contributed by atoms with Gasteiger partial charge in [-0.15, -0.1) is 0 Å². The maximum absolute atomic E-state index is 11.8. The third kappa shape index (κ3) is 5.01. The summed E-state index contributed by atoms with van der Waals surface area (Å²) in [6, 6.07) is 8.00. The van der Waals surface area contributed by atoms with Crippen LogP contribution in [0, 0.1) is 12.8 Å². The zero-order valence-corrected chi connectivity index (χ0v) is 12.9. The van der Waals surface area contributed by atoms with Crippen molar-refractivity contribution in [1.82, 2.24) is 5.32 Å². The van der Waals surface area contributed by atoms with Crippen LogP contribution in [0.5, 0.6) is 0 Å². The van der Waals surface area contributed by atoms with Gasteiger partial charge in [0.25, 0.3) is 0 Å². The summed E-state index contributed by atoms with van der Waals surface area (Å²) in [5.41, 5.74) is 1.47. The molecular formula is C18H25NO2. The van der Waals surface area contributed by atoms with Crippen LogP contribution in [0.3, 0.4) is 0 Å². The molecule has 2 N–H and O–H groups in total. The van der Waals surface area contributed by atoms with Gasteiger partial charge < -0.3 is 10.4 Å². The molecular weight excluding hydrogens is 262 g/mol. The van der Waals surface area contributed by atoms with Gasteiger partial charge in [0, 0.05) is 12.6 Å². The van der Waals surface area contributed by atoms with Crippen LogP contribution in [-0.2, 0) is 4.79 Å². The third-order valence-electron chi connectivity index (χ3n) is 4.16. The maximum Gasteiger partial charge on any atom is 0.244 e. The minimum absolute atomic E-state index is 0.151. The van der Waals surface area contributed by atoms with Gasteiger partial charge in [-0.2, -0.15) is 0 Å². The summed E-state index contributed by atoms with van der Waals surface area (Å²) in [5, 5.41) is 13.3. The molecule has 1 aromatic rings. The number of nitrogens with one attached hydrogen (secondary N) is 1. The zero-order chi connectivity index (χ0) is 15.3. The first-order valence-corrected chi connectivity index (χ1v) is 7.72. The summed E-state index contributed by atoms with van der Waals surface area (Å²) in [4.78, 5) is 11.8. The molecule has 2 unspecified atom stereocenters. The molecule has 1 aromatic carbocycles. The monoisotopic (exact) mass is 287 g/mol. The fourth-order valence-electron chi connectivity index (χ4n) is 2.95. The molecule has 1 aliphatic rings. The van der Waals surface area contributed by atoms with Crippen LogP contribution < -0.4 is 5.32 Å². The molecule has 1 amide bonds. The molecule has 0 spiro atoms. The van der Waals surface area contributed by atoms with E-state index in [1.165, 1.54) is 18.1 Å². The molecule has 1 fully saturated rings.